The molecule has 13 nitrogen and oxygen atoms in total. The van der Waals surface area contributed by atoms with E-state index in [2.05, 4.69) is 0 Å². The molecule has 0 spiro atoms. The van der Waals surface area contributed by atoms with Gasteiger partial charge in [0.15, 0.2) is 0 Å². The molecule has 0 unspecified atom stereocenters. The van der Waals surface area contributed by atoms with Crippen LogP contribution in [0.4, 0.5) is 0 Å². The smallest absolute Gasteiger partial charge is 0.549 e. The first kappa shape index (κ1) is 34.1. The maximum absolute atomic E-state index is 10.5. The fourth-order valence-corrected chi connectivity index (χ4v) is 1.46. The van der Waals surface area contributed by atoms with Gasteiger partial charge in [0.05, 0.1) is 25.0 Å². The van der Waals surface area contributed by atoms with Crippen molar-refractivity contribution in [1.29, 1.82) is 0 Å². The van der Waals surface area contributed by atoms with Crippen molar-refractivity contribution in [3.8, 4) is 0 Å². The predicted molar refractivity (Wildman–Crippen MR) is 71.4 cm³/mol. The van der Waals surface area contributed by atoms with Crippen LogP contribution in [0.25, 0.3) is 0 Å². The molecule has 0 aliphatic carbocycles. The fourth-order valence-electron chi connectivity index (χ4n) is 1.46. The van der Waals surface area contributed by atoms with Crippen LogP contribution in [0.5, 0.6) is 0 Å². The summed E-state index contributed by atoms with van der Waals surface area (Å²) >= 11 is 0. The molecular formula is C10H22N3NaO10. The number of hydrogen-bond acceptors (Lipinski definition) is 8. The van der Waals surface area contributed by atoms with E-state index >= 15 is 0 Å². The van der Waals surface area contributed by atoms with Crippen molar-refractivity contribution in [2.24, 2.45) is 0 Å². The third-order valence-electron chi connectivity index (χ3n) is 2.16. The van der Waals surface area contributed by atoms with Crippen molar-refractivity contribution in [2.45, 2.75) is 0 Å². The number of quaternary nitrogens is 1. The fraction of sp³-hybridized carbons (Fsp3) is 0.600. The van der Waals surface area contributed by atoms with Gasteiger partial charge in [-0.3, -0.25) is 19.4 Å². The Kier molecular flexibility index (Phi) is 25.6. The molecule has 0 saturated heterocycles. The molecule has 0 aromatic rings. The minimum Gasteiger partial charge on any atom is -0.549 e. The first-order valence-electron chi connectivity index (χ1n) is 5.48. The number of carboxylic acids is 4. The van der Waals surface area contributed by atoms with Crippen LogP contribution in [0.2, 0.25) is 0 Å². The Bertz CT molecular complexity index is 327. The van der Waals surface area contributed by atoms with Gasteiger partial charge in [-0.05, 0) is 0 Å². The number of hydrogen-bond donors (Lipinski definition) is 3. The summed E-state index contributed by atoms with van der Waals surface area (Å²) in [6.07, 6.45) is 0. The topological polar surface area (TPSA) is 261 Å². The van der Waals surface area contributed by atoms with Crippen LogP contribution in [-0.4, -0.2) is 94.1 Å². The predicted octanol–water partition coefficient (Wildman–Crippen LogP) is -9.01. The van der Waals surface area contributed by atoms with E-state index in [0.717, 1.165) is 9.80 Å². The summed E-state index contributed by atoms with van der Waals surface area (Å²) in [5.74, 6) is -5.52. The molecule has 0 bridgehead atoms. The van der Waals surface area contributed by atoms with Crippen LogP contribution in [0.3, 0.4) is 0 Å². The molecule has 0 rings (SSSR count). The number of rotatable bonds is 11. The van der Waals surface area contributed by atoms with Crippen LogP contribution in [0, 0.1) is 0 Å². The molecule has 138 valence electrons. The second-order valence-corrected chi connectivity index (χ2v) is 3.95. The van der Waals surface area contributed by atoms with E-state index in [1.165, 1.54) is 0 Å². The second-order valence-electron chi connectivity index (χ2n) is 3.95. The van der Waals surface area contributed by atoms with Crippen molar-refractivity contribution in [3.05, 3.63) is 0 Å². The molecule has 0 heterocycles. The van der Waals surface area contributed by atoms with E-state index in [-0.39, 0.29) is 59.7 Å². The van der Waals surface area contributed by atoms with Crippen LogP contribution < -0.4 is 45.9 Å². The molecular weight excluding hydrogens is 345 g/mol. The third kappa shape index (κ3) is 20.7. The van der Waals surface area contributed by atoms with Crippen LogP contribution in [-0.2, 0) is 19.2 Å². The number of nitrogens with zero attached hydrogens (tertiary/aromatic N) is 2. The molecule has 0 aliphatic heterocycles. The van der Waals surface area contributed by atoms with Gasteiger partial charge in [-0.25, -0.2) is 0 Å². The average Bonchev–Trinajstić information content (AvgIpc) is 2.22. The van der Waals surface area contributed by atoms with Gasteiger partial charge in [0.25, 0.3) is 0 Å². The van der Waals surface area contributed by atoms with Crippen molar-refractivity contribution >= 4 is 23.9 Å². The monoisotopic (exact) mass is 367 g/mol. The summed E-state index contributed by atoms with van der Waals surface area (Å²) in [4.78, 5) is 43.9. The number of carboxylic acid groups (broad SMARTS) is 4. The van der Waals surface area contributed by atoms with Crippen molar-refractivity contribution in [1.82, 2.24) is 16.0 Å². The maximum Gasteiger partial charge on any atom is 1.00 e. The SMILES string of the molecule is O.O.O=C([O-])CN(CCN(CC(=O)O)CC(=O)O)CC(=O)[O-].[NH4+].[Na+]. The zero-order valence-electron chi connectivity index (χ0n) is 13.5. The molecule has 0 aromatic heterocycles. The molecule has 14 heteroatoms. The van der Waals surface area contributed by atoms with E-state index < -0.39 is 50.1 Å². The Morgan fingerprint density at radius 2 is 0.958 bits per heavy atom. The number of carbonyl (C=O) groups excluding carboxylic acids is 2. The minimum absolute atomic E-state index is 0. The van der Waals surface area contributed by atoms with Gasteiger partial charge in [-0.2, -0.15) is 0 Å². The first-order valence-corrected chi connectivity index (χ1v) is 5.48. The van der Waals surface area contributed by atoms with Gasteiger partial charge in [-0.1, -0.05) is 0 Å². The molecule has 0 saturated carbocycles. The molecule has 0 atom stereocenters. The number of carbonyl (C=O) groups is 4. The van der Waals surface area contributed by atoms with Crippen molar-refractivity contribution < 1.29 is 80.1 Å². The molecule has 0 aromatic carbocycles. The van der Waals surface area contributed by atoms with Crippen LogP contribution in [0.15, 0.2) is 0 Å². The zero-order chi connectivity index (χ0) is 15.7. The van der Waals surface area contributed by atoms with E-state index in [4.69, 9.17) is 10.2 Å². The van der Waals surface area contributed by atoms with E-state index in [1.54, 1.807) is 0 Å². The Balaban J connectivity index is -0.000000301. The zero-order valence-corrected chi connectivity index (χ0v) is 15.5. The molecule has 0 radical (unpaired) electrons. The Morgan fingerprint density at radius 3 is 1.17 bits per heavy atom. The van der Waals surface area contributed by atoms with E-state index in [1.807, 2.05) is 0 Å². The maximum atomic E-state index is 10.5. The summed E-state index contributed by atoms with van der Waals surface area (Å²) in [6, 6.07) is 0. The Morgan fingerprint density at radius 1 is 0.708 bits per heavy atom. The molecule has 10 N–H and O–H groups in total. The van der Waals surface area contributed by atoms with E-state index in [0.29, 0.717) is 0 Å². The Hall–Kier alpha value is -1.32. The first-order chi connectivity index (χ1) is 9.20. The van der Waals surface area contributed by atoms with E-state index in [9.17, 15) is 29.4 Å². The Labute approximate surface area is 159 Å². The summed E-state index contributed by atoms with van der Waals surface area (Å²) in [5.41, 5.74) is 0. The summed E-state index contributed by atoms with van der Waals surface area (Å²) < 4.78 is 0. The van der Waals surface area contributed by atoms with Crippen LogP contribution in [0.1, 0.15) is 0 Å². The van der Waals surface area contributed by atoms with Gasteiger partial charge in [0.1, 0.15) is 0 Å². The van der Waals surface area contributed by atoms with Gasteiger partial charge in [0.2, 0.25) is 0 Å². The van der Waals surface area contributed by atoms with Gasteiger partial charge >= 0.3 is 41.5 Å². The van der Waals surface area contributed by atoms with Gasteiger partial charge < -0.3 is 47.1 Å². The van der Waals surface area contributed by atoms with Gasteiger partial charge in [0, 0.05) is 26.2 Å². The van der Waals surface area contributed by atoms with Gasteiger partial charge in [-0.15, -0.1) is 0 Å². The molecule has 24 heavy (non-hydrogen) atoms. The summed E-state index contributed by atoms with van der Waals surface area (Å²) in [6.45, 7) is -2.75. The minimum atomic E-state index is -1.51. The van der Waals surface area contributed by atoms with Crippen LogP contribution >= 0.6 is 0 Å². The average molecular weight is 367 g/mol. The molecule has 0 amide bonds. The summed E-state index contributed by atoms with van der Waals surface area (Å²) in [5, 5.41) is 38.0. The largest absolute Gasteiger partial charge is 1.00 e. The van der Waals surface area contributed by atoms with Crippen molar-refractivity contribution in [2.75, 3.05) is 39.3 Å². The third-order valence-corrected chi connectivity index (χ3v) is 2.16. The molecule has 0 aliphatic rings. The normalized spacial score (nSPS) is 8.92. The second kappa shape index (κ2) is 18.0. The number of aliphatic carboxylic acids is 4. The summed E-state index contributed by atoms with van der Waals surface area (Å²) in [7, 11) is 0. The molecule has 0 fully saturated rings. The van der Waals surface area contributed by atoms with Crippen molar-refractivity contribution in [3.63, 3.8) is 0 Å². The quantitative estimate of drug-likeness (QED) is 0.290. The standard InChI is InChI=1S/C10H16N2O8.H3N.Na.2H2O/c13-7(14)3-11(4-8(15)16)1-2-12(5-9(17)18)6-10(19)20;;;;/h1-6H2,(H,13,14)(H,15,16)(H,17,18)(H,19,20);1H3;;2*1H2/q;;+1;;/p-1.